The molecule has 1 aromatic carbocycles. The van der Waals surface area contributed by atoms with Gasteiger partial charge in [0.05, 0.1) is 5.56 Å². The first-order valence-electron chi connectivity index (χ1n) is 5.88. The molecule has 0 amide bonds. The molecule has 0 spiro atoms. The Hall–Kier alpha value is -1.56. The van der Waals surface area contributed by atoms with E-state index in [9.17, 15) is 18.0 Å². The van der Waals surface area contributed by atoms with Crippen molar-refractivity contribution in [3.63, 3.8) is 0 Å². The number of halogens is 3. The van der Waals surface area contributed by atoms with Crippen LogP contribution in [-0.2, 0) is 11.0 Å². The van der Waals surface area contributed by atoms with E-state index in [2.05, 4.69) is 5.32 Å². The number of carboxylic acid groups (broad SMARTS) is 1. The van der Waals surface area contributed by atoms with Crippen LogP contribution >= 0.6 is 0 Å². The van der Waals surface area contributed by atoms with Crippen molar-refractivity contribution in [2.45, 2.75) is 31.0 Å². The summed E-state index contributed by atoms with van der Waals surface area (Å²) < 4.78 is 37.3. The predicted octanol–water partition coefficient (Wildman–Crippen LogP) is 2.63. The van der Waals surface area contributed by atoms with Gasteiger partial charge >= 0.3 is 12.1 Å². The van der Waals surface area contributed by atoms with Gasteiger partial charge in [0.15, 0.2) is 0 Å². The largest absolute Gasteiger partial charge is 0.480 e. The molecule has 1 saturated heterocycles. The monoisotopic (exact) mass is 273 g/mol. The number of nitrogens with one attached hydrogen (secondary N) is 1. The molecule has 2 rings (SSSR count). The molecule has 104 valence electrons. The van der Waals surface area contributed by atoms with Crippen LogP contribution in [0.15, 0.2) is 24.3 Å². The first kappa shape index (κ1) is 13.9. The Labute approximate surface area is 108 Å². The van der Waals surface area contributed by atoms with E-state index in [0.29, 0.717) is 13.0 Å². The van der Waals surface area contributed by atoms with Crippen LogP contribution in [0.3, 0.4) is 0 Å². The van der Waals surface area contributed by atoms with Crippen LogP contribution in [0.5, 0.6) is 0 Å². The molecular weight excluding hydrogens is 259 g/mol. The number of carbonyl (C=O) groups is 1. The maximum absolute atomic E-state index is 12.4. The molecule has 19 heavy (non-hydrogen) atoms. The third kappa shape index (κ3) is 2.73. The van der Waals surface area contributed by atoms with Crippen molar-refractivity contribution in [2.75, 3.05) is 6.54 Å². The Morgan fingerprint density at radius 1 is 1.37 bits per heavy atom. The molecule has 1 aliphatic heterocycles. The van der Waals surface area contributed by atoms with Crippen LogP contribution in [0.2, 0.25) is 0 Å². The molecule has 1 fully saturated rings. The van der Waals surface area contributed by atoms with Gasteiger partial charge in [-0.15, -0.1) is 0 Å². The van der Waals surface area contributed by atoms with Crippen molar-refractivity contribution in [1.82, 2.24) is 5.32 Å². The maximum atomic E-state index is 12.4. The highest BCUT2D eigenvalue weighted by Crippen LogP contribution is 2.34. The Bertz CT molecular complexity index is 484. The minimum Gasteiger partial charge on any atom is -0.480 e. The van der Waals surface area contributed by atoms with E-state index < -0.39 is 23.2 Å². The SMILES string of the molecule is CC1(C(=O)O)CC(c2ccc(C(F)(F)F)cc2)CN1. The Morgan fingerprint density at radius 3 is 2.37 bits per heavy atom. The van der Waals surface area contributed by atoms with Gasteiger partial charge in [0.25, 0.3) is 0 Å². The van der Waals surface area contributed by atoms with Crippen LogP contribution in [0, 0.1) is 0 Å². The number of alkyl halides is 3. The quantitative estimate of drug-likeness (QED) is 0.871. The molecule has 2 unspecified atom stereocenters. The molecule has 1 heterocycles. The lowest BCUT2D eigenvalue weighted by molar-refractivity contribution is -0.143. The van der Waals surface area contributed by atoms with Gasteiger partial charge in [0.1, 0.15) is 5.54 Å². The zero-order chi connectivity index (χ0) is 14.3. The van der Waals surface area contributed by atoms with Crippen molar-refractivity contribution >= 4 is 5.97 Å². The second-order valence-corrected chi connectivity index (χ2v) is 5.04. The molecule has 2 atom stereocenters. The highest BCUT2D eigenvalue weighted by atomic mass is 19.4. The summed E-state index contributed by atoms with van der Waals surface area (Å²) >= 11 is 0. The highest BCUT2D eigenvalue weighted by molar-refractivity contribution is 5.79. The normalized spacial score (nSPS) is 27.5. The Balaban J connectivity index is 2.15. The highest BCUT2D eigenvalue weighted by Gasteiger charge is 2.41. The molecule has 1 aliphatic rings. The first-order chi connectivity index (χ1) is 8.72. The number of hydrogen-bond acceptors (Lipinski definition) is 2. The van der Waals surface area contributed by atoms with Crippen LogP contribution in [0.4, 0.5) is 13.2 Å². The summed E-state index contributed by atoms with van der Waals surface area (Å²) in [6, 6.07) is 4.91. The van der Waals surface area contributed by atoms with E-state index in [-0.39, 0.29) is 5.92 Å². The minimum absolute atomic E-state index is 0.0802. The Kier molecular flexibility index (Phi) is 3.30. The molecule has 0 bridgehead atoms. The fourth-order valence-corrected chi connectivity index (χ4v) is 2.33. The van der Waals surface area contributed by atoms with Gasteiger partial charge in [-0.05, 0) is 37.0 Å². The predicted molar refractivity (Wildman–Crippen MR) is 62.8 cm³/mol. The maximum Gasteiger partial charge on any atom is 0.416 e. The van der Waals surface area contributed by atoms with Crippen molar-refractivity contribution < 1.29 is 23.1 Å². The topological polar surface area (TPSA) is 49.3 Å². The smallest absolute Gasteiger partial charge is 0.416 e. The van der Waals surface area contributed by atoms with Gasteiger partial charge in [-0.2, -0.15) is 13.2 Å². The fourth-order valence-electron chi connectivity index (χ4n) is 2.33. The lowest BCUT2D eigenvalue weighted by Crippen LogP contribution is -2.44. The van der Waals surface area contributed by atoms with Gasteiger partial charge in [0.2, 0.25) is 0 Å². The third-order valence-corrected chi connectivity index (χ3v) is 3.57. The standard InChI is InChI=1S/C13H14F3NO2/c1-12(11(18)19)6-9(7-17-12)8-2-4-10(5-3-8)13(14,15)16/h2-5,9,17H,6-7H2,1H3,(H,18,19). The number of carboxylic acids is 1. The molecule has 6 heteroatoms. The molecule has 0 saturated carbocycles. The summed E-state index contributed by atoms with van der Waals surface area (Å²) in [5.74, 6) is -1.02. The van der Waals surface area contributed by atoms with Crippen LogP contribution in [0.1, 0.15) is 30.4 Å². The zero-order valence-electron chi connectivity index (χ0n) is 10.3. The fraction of sp³-hybridized carbons (Fsp3) is 0.462. The second kappa shape index (κ2) is 4.52. The summed E-state index contributed by atoms with van der Waals surface area (Å²) in [6.45, 7) is 2.04. The molecule has 3 nitrogen and oxygen atoms in total. The number of rotatable bonds is 2. The van der Waals surface area contributed by atoms with E-state index in [4.69, 9.17) is 5.11 Å². The molecule has 1 aromatic rings. The average molecular weight is 273 g/mol. The van der Waals surface area contributed by atoms with Gasteiger partial charge in [-0.3, -0.25) is 4.79 Å². The van der Waals surface area contributed by atoms with E-state index in [0.717, 1.165) is 17.7 Å². The van der Waals surface area contributed by atoms with Gasteiger partial charge < -0.3 is 10.4 Å². The number of benzene rings is 1. The van der Waals surface area contributed by atoms with Gasteiger partial charge in [-0.25, -0.2) is 0 Å². The van der Waals surface area contributed by atoms with Crippen LogP contribution in [0.25, 0.3) is 0 Å². The average Bonchev–Trinajstić information content (AvgIpc) is 2.72. The van der Waals surface area contributed by atoms with E-state index in [1.807, 2.05) is 0 Å². The van der Waals surface area contributed by atoms with Crippen molar-refractivity contribution in [3.05, 3.63) is 35.4 Å². The lowest BCUT2D eigenvalue weighted by Gasteiger charge is -2.18. The lowest BCUT2D eigenvalue weighted by atomic mass is 9.90. The van der Waals surface area contributed by atoms with Gasteiger partial charge in [0, 0.05) is 6.54 Å². The molecular formula is C13H14F3NO2. The minimum atomic E-state index is -4.35. The summed E-state index contributed by atoms with van der Waals surface area (Å²) in [5, 5.41) is 12.0. The van der Waals surface area contributed by atoms with Crippen molar-refractivity contribution in [1.29, 1.82) is 0 Å². The second-order valence-electron chi connectivity index (χ2n) is 5.04. The molecule has 0 aromatic heterocycles. The Morgan fingerprint density at radius 2 is 1.95 bits per heavy atom. The number of aliphatic carboxylic acids is 1. The third-order valence-electron chi connectivity index (χ3n) is 3.57. The summed E-state index contributed by atoms with van der Waals surface area (Å²) in [7, 11) is 0. The summed E-state index contributed by atoms with van der Waals surface area (Å²) in [4.78, 5) is 11.1. The number of hydrogen-bond donors (Lipinski definition) is 2. The summed E-state index contributed by atoms with van der Waals surface area (Å²) in [5.41, 5.74) is -0.971. The first-order valence-corrected chi connectivity index (χ1v) is 5.88. The summed E-state index contributed by atoms with van der Waals surface area (Å²) in [6.07, 6.45) is -3.98. The van der Waals surface area contributed by atoms with E-state index in [1.165, 1.54) is 12.1 Å². The van der Waals surface area contributed by atoms with Crippen molar-refractivity contribution in [3.8, 4) is 0 Å². The van der Waals surface area contributed by atoms with E-state index in [1.54, 1.807) is 6.92 Å². The van der Waals surface area contributed by atoms with Crippen LogP contribution < -0.4 is 5.32 Å². The zero-order valence-corrected chi connectivity index (χ0v) is 10.3. The van der Waals surface area contributed by atoms with Gasteiger partial charge in [-0.1, -0.05) is 12.1 Å². The molecule has 0 aliphatic carbocycles. The van der Waals surface area contributed by atoms with E-state index >= 15 is 0 Å². The van der Waals surface area contributed by atoms with Crippen molar-refractivity contribution in [2.24, 2.45) is 0 Å². The molecule has 2 N–H and O–H groups in total. The van der Waals surface area contributed by atoms with Crippen LogP contribution in [-0.4, -0.2) is 23.2 Å². The molecule has 0 radical (unpaired) electrons.